The van der Waals surface area contributed by atoms with Crippen molar-refractivity contribution in [1.29, 1.82) is 0 Å². The normalized spacial score (nSPS) is 16.4. The number of hydrogen-bond acceptors (Lipinski definition) is 8. The van der Waals surface area contributed by atoms with Gasteiger partial charge in [0.2, 0.25) is 0 Å². The van der Waals surface area contributed by atoms with Crippen LogP contribution in [0.25, 0.3) is 11.3 Å². The fourth-order valence-corrected chi connectivity index (χ4v) is 4.60. The van der Waals surface area contributed by atoms with Crippen molar-refractivity contribution in [2.75, 3.05) is 30.7 Å². The van der Waals surface area contributed by atoms with Crippen LogP contribution < -0.4 is 16.4 Å². The number of anilines is 2. The van der Waals surface area contributed by atoms with Crippen LogP contribution in [0.15, 0.2) is 48.7 Å². The van der Waals surface area contributed by atoms with E-state index in [-0.39, 0.29) is 12.0 Å². The third kappa shape index (κ3) is 7.32. The third-order valence-electron chi connectivity index (χ3n) is 5.90. The van der Waals surface area contributed by atoms with Crippen molar-refractivity contribution in [2.24, 2.45) is 0 Å². The van der Waals surface area contributed by atoms with Gasteiger partial charge in [-0.2, -0.15) is 0 Å². The van der Waals surface area contributed by atoms with Crippen molar-refractivity contribution in [3.63, 3.8) is 0 Å². The fraction of sp³-hybridized carbons (Fsp3) is 0.370. The second-order valence-electron chi connectivity index (χ2n) is 10.0. The molecule has 4 rings (SSSR count). The lowest BCUT2D eigenvalue weighted by atomic mass is 10.1. The van der Waals surface area contributed by atoms with Crippen molar-refractivity contribution >= 4 is 40.8 Å². The molecule has 4 N–H and O–H groups in total. The molecule has 1 atom stereocenters. The Morgan fingerprint density at radius 1 is 1.19 bits per heavy atom. The maximum absolute atomic E-state index is 12.5. The summed E-state index contributed by atoms with van der Waals surface area (Å²) >= 11 is 12.5. The minimum Gasteiger partial charge on any atom is -0.459 e. The Bertz CT molecular complexity index is 1230. The van der Waals surface area contributed by atoms with Gasteiger partial charge < -0.3 is 21.1 Å². The number of piperazine rings is 1. The Labute approximate surface area is 227 Å². The van der Waals surface area contributed by atoms with E-state index in [2.05, 4.69) is 37.6 Å². The first-order chi connectivity index (χ1) is 17.6. The molecule has 0 saturated carbocycles. The number of rotatable bonds is 7. The molecule has 2 aromatic carbocycles. The maximum atomic E-state index is 12.5. The molecule has 1 aromatic heterocycles. The number of esters is 1. The number of nitrogens with one attached hydrogen (secondary N) is 2. The Balaban J connectivity index is 1.40. The minimum absolute atomic E-state index is 0.212. The van der Waals surface area contributed by atoms with Crippen LogP contribution in [0, 0.1) is 0 Å². The van der Waals surface area contributed by atoms with Crippen molar-refractivity contribution in [3.8, 4) is 11.3 Å². The summed E-state index contributed by atoms with van der Waals surface area (Å²) < 4.78 is 5.54. The number of benzene rings is 2. The highest BCUT2D eigenvalue weighted by Gasteiger charge is 2.29. The number of carbonyl (C=O) groups is 1. The standard InChI is InChI=1S/C27H32Cl2N6O2/c1-27(2,3)37-26(36)23-16-35(12-11-31-23)15-17-7-9-18(10-8-17)22-14-32-24(30)25(34-22)33-13-19-20(28)5-4-6-21(19)29/h4-10,14,23,31H,11-13,15-16H2,1-3H3,(H2,30,32)(H,33,34). The molecule has 10 heteroatoms. The highest BCUT2D eigenvalue weighted by Crippen LogP contribution is 2.27. The number of carbonyl (C=O) groups excluding carboxylic acids is 1. The maximum Gasteiger partial charge on any atom is 0.324 e. The van der Waals surface area contributed by atoms with E-state index in [0.29, 0.717) is 40.5 Å². The van der Waals surface area contributed by atoms with Gasteiger partial charge in [0, 0.05) is 53.9 Å². The Morgan fingerprint density at radius 3 is 2.57 bits per heavy atom. The molecule has 1 saturated heterocycles. The van der Waals surface area contributed by atoms with Gasteiger partial charge in [0.25, 0.3) is 0 Å². The van der Waals surface area contributed by atoms with Crippen LogP contribution in [0.1, 0.15) is 31.9 Å². The van der Waals surface area contributed by atoms with Gasteiger partial charge in [-0.3, -0.25) is 9.69 Å². The van der Waals surface area contributed by atoms with E-state index < -0.39 is 5.60 Å². The van der Waals surface area contributed by atoms with E-state index >= 15 is 0 Å². The van der Waals surface area contributed by atoms with Gasteiger partial charge in [-0.25, -0.2) is 9.97 Å². The van der Waals surface area contributed by atoms with Crippen LogP contribution in [-0.4, -0.2) is 52.1 Å². The number of ether oxygens (including phenoxy) is 1. The summed E-state index contributed by atoms with van der Waals surface area (Å²) in [6.45, 7) is 8.94. The number of nitrogen functional groups attached to an aromatic ring is 1. The van der Waals surface area contributed by atoms with Gasteiger partial charge in [0.1, 0.15) is 11.6 Å². The lowest BCUT2D eigenvalue weighted by Gasteiger charge is -2.34. The molecular weight excluding hydrogens is 511 g/mol. The zero-order chi connectivity index (χ0) is 26.6. The predicted octanol–water partition coefficient (Wildman–Crippen LogP) is 4.76. The van der Waals surface area contributed by atoms with E-state index in [0.717, 1.165) is 36.3 Å². The van der Waals surface area contributed by atoms with E-state index in [1.807, 2.05) is 32.9 Å². The van der Waals surface area contributed by atoms with E-state index in [1.54, 1.807) is 24.4 Å². The largest absolute Gasteiger partial charge is 0.459 e. The van der Waals surface area contributed by atoms with Crippen LogP contribution in [0.3, 0.4) is 0 Å². The Hall–Kier alpha value is -2.91. The highest BCUT2D eigenvalue weighted by atomic mass is 35.5. The van der Waals surface area contributed by atoms with Gasteiger partial charge >= 0.3 is 5.97 Å². The van der Waals surface area contributed by atoms with Crippen molar-refractivity contribution in [3.05, 3.63) is 69.8 Å². The first-order valence-corrected chi connectivity index (χ1v) is 12.9. The number of nitrogens with two attached hydrogens (primary N) is 1. The first-order valence-electron chi connectivity index (χ1n) is 12.2. The van der Waals surface area contributed by atoms with Crippen LogP contribution in [0.5, 0.6) is 0 Å². The molecular formula is C27H32Cl2N6O2. The first kappa shape index (κ1) is 27.1. The lowest BCUT2D eigenvalue weighted by Crippen LogP contribution is -2.55. The molecule has 1 fully saturated rings. The topological polar surface area (TPSA) is 105 Å². The van der Waals surface area contributed by atoms with E-state index in [1.165, 1.54) is 0 Å². The summed E-state index contributed by atoms with van der Waals surface area (Å²) in [5, 5.41) is 7.60. The smallest absolute Gasteiger partial charge is 0.324 e. The van der Waals surface area contributed by atoms with Crippen LogP contribution in [0.4, 0.5) is 11.6 Å². The number of hydrogen-bond donors (Lipinski definition) is 3. The third-order valence-corrected chi connectivity index (χ3v) is 6.61. The molecule has 8 nitrogen and oxygen atoms in total. The second kappa shape index (κ2) is 11.6. The van der Waals surface area contributed by atoms with Gasteiger partial charge in [-0.1, -0.05) is 53.5 Å². The molecule has 1 aliphatic heterocycles. The molecule has 1 unspecified atom stereocenters. The Morgan fingerprint density at radius 2 is 1.89 bits per heavy atom. The molecule has 0 amide bonds. The van der Waals surface area contributed by atoms with Crippen molar-refractivity contribution in [2.45, 2.75) is 45.5 Å². The molecule has 37 heavy (non-hydrogen) atoms. The molecule has 3 aromatic rings. The summed E-state index contributed by atoms with van der Waals surface area (Å²) in [4.78, 5) is 23.7. The van der Waals surface area contributed by atoms with Crippen molar-refractivity contribution in [1.82, 2.24) is 20.2 Å². The van der Waals surface area contributed by atoms with E-state index in [4.69, 9.17) is 33.7 Å². The average Bonchev–Trinajstić information content (AvgIpc) is 2.84. The predicted molar refractivity (Wildman–Crippen MR) is 149 cm³/mol. The summed E-state index contributed by atoms with van der Waals surface area (Å²) in [6, 6.07) is 13.2. The number of nitrogens with zero attached hydrogens (tertiary/aromatic N) is 3. The van der Waals surface area contributed by atoms with Crippen LogP contribution in [0.2, 0.25) is 10.0 Å². The number of aromatic nitrogens is 2. The zero-order valence-corrected chi connectivity index (χ0v) is 22.7. The monoisotopic (exact) mass is 542 g/mol. The zero-order valence-electron chi connectivity index (χ0n) is 21.2. The summed E-state index contributed by atoms with van der Waals surface area (Å²) in [7, 11) is 0. The Kier molecular flexibility index (Phi) is 8.54. The molecule has 0 bridgehead atoms. The fourth-order valence-electron chi connectivity index (χ4n) is 4.07. The quantitative estimate of drug-likeness (QED) is 0.367. The van der Waals surface area contributed by atoms with E-state index in [9.17, 15) is 4.79 Å². The van der Waals surface area contributed by atoms with Gasteiger partial charge in [-0.15, -0.1) is 0 Å². The number of halogens is 2. The SMILES string of the molecule is CC(C)(C)OC(=O)C1CN(Cc2ccc(-c3cnc(N)c(NCc4c(Cl)cccc4Cl)n3)cc2)CCN1. The lowest BCUT2D eigenvalue weighted by molar-refractivity contribution is -0.158. The summed E-state index contributed by atoms with van der Waals surface area (Å²) in [6.07, 6.45) is 1.65. The minimum atomic E-state index is -0.501. The van der Waals surface area contributed by atoms with Crippen molar-refractivity contribution < 1.29 is 9.53 Å². The molecule has 196 valence electrons. The average molecular weight is 543 g/mol. The highest BCUT2D eigenvalue weighted by molar-refractivity contribution is 6.36. The summed E-state index contributed by atoms with van der Waals surface area (Å²) in [5.41, 5.74) is 9.08. The van der Waals surface area contributed by atoms with Crippen LogP contribution >= 0.6 is 23.2 Å². The van der Waals surface area contributed by atoms with Gasteiger partial charge in [-0.05, 0) is 38.5 Å². The molecule has 1 aliphatic rings. The molecule has 0 radical (unpaired) electrons. The summed E-state index contributed by atoms with van der Waals surface area (Å²) in [5.74, 6) is 0.545. The van der Waals surface area contributed by atoms with Gasteiger partial charge in [0.05, 0.1) is 11.9 Å². The molecule has 0 aliphatic carbocycles. The van der Waals surface area contributed by atoms with Crippen LogP contribution in [-0.2, 0) is 22.6 Å². The molecule has 2 heterocycles. The van der Waals surface area contributed by atoms with Gasteiger partial charge in [0.15, 0.2) is 11.6 Å². The second-order valence-corrected chi connectivity index (χ2v) is 10.8. The molecule has 0 spiro atoms.